The van der Waals surface area contributed by atoms with Gasteiger partial charge in [0, 0.05) is 28.4 Å². The standard InChI is InChI=1S/C28H26F3N3O/c1-18-14-24(33-23-11-4-3-10-22(18)23)20-16-25(32-17-20)27(12-5-2-6-13-27)34-26(35)19-8-7-9-21(15-19)28(29,30)31/h3-4,7-11,14-17,32H,2,5-6,12-13H2,1H3,(H,34,35). The van der Waals surface area contributed by atoms with E-state index in [4.69, 9.17) is 4.98 Å². The Morgan fingerprint density at radius 1 is 1.00 bits per heavy atom. The van der Waals surface area contributed by atoms with E-state index in [0.29, 0.717) is 12.8 Å². The van der Waals surface area contributed by atoms with Crippen LogP contribution in [0.2, 0.25) is 0 Å². The van der Waals surface area contributed by atoms with Crippen molar-refractivity contribution in [2.75, 3.05) is 0 Å². The zero-order valence-electron chi connectivity index (χ0n) is 19.4. The SMILES string of the molecule is Cc1cc(-c2c[nH]c(C3(NC(=O)c4cccc(C(F)(F)F)c4)CCCCC3)c2)nc2ccccc12. The van der Waals surface area contributed by atoms with Crippen molar-refractivity contribution in [2.24, 2.45) is 0 Å². The Morgan fingerprint density at radius 2 is 1.77 bits per heavy atom. The second kappa shape index (κ2) is 8.87. The normalized spacial score (nSPS) is 15.8. The number of hydrogen-bond donors (Lipinski definition) is 2. The number of H-pyrrole nitrogens is 1. The van der Waals surface area contributed by atoms with Crippen molar-refractivity contribution >= 4 is 16.8 Å². The van der Waals surface area contributed by atoms with E-state index in [-0.39, 0.29) is 5.56 Å². The molecule has 35 heavy (non-hydrogen) atoms. The molecule has 1 aliphatic carbocycles. The highest BCUT2D eigenvalue weighted by Crippen LogP contribution is 2.39. The van der Waals surface area contributed by atoms with Crippen LogP contribution in [0.5, 0.6) is 0 Å². The average Bonchev–Trinajstić information content (AvgIpc) is 3.35. The number of nitrogens with zero attached hydrogens (tertiary/aromatic N) is 1. The van der Waals surface area contributed by atoms with Crippen molar-refractivity contribution < 1.29 is 18.0 Å². The zero-order chi connectivity index (χ0) is 24.6. The molecule has 1 amide bonds. The lowest BCUT2D eigenvalue weighted by atomic mass is 9.79. The van der Waals surface area contributed by atoms with E-state index in [1.54, 1.807) is 0 Å². The number of carbonyl (C=O) groups excluding carboxylic acids is 1. The van der Waals surface area contributed by atoms with Gasteiger partial charge in [-0.05, 0) is 61.7 Å². The van der Waals surface area contributed by atoms with Gasteiger partial charge < -0.3 is 10.3 Å². The van der Waals surface area contributed by atoms with E-state index in [2.05, 4.69) is 17.2 Å². The summed E-state index contributed by atoms with van der Waals surface area (Å²) >= 11 is 0. The second-order valence-electron chi connectivity index (χ2n) is 9.32. The van der Waals surface area contributed by atoms with Gasteiger partial charge in [0.15, 0.2) is 0 Å². The largest absolute Gasteiger partial charge is 0.416 e. The van der Waals surface area contributed by atoms with Crippen molar-refractivity contribution in [1.29, 1.82) is 0 Å². The number of halogens is 3. The third-order valence-corrected chi connectivity index (χ3v) is 6.93. The van der Waals surface area contributed by atoms with Crippen LogP contribution in [0.25, 0.3) is 22.2 Å². The summed E-state index contributed by atoms with van der Waals surface area (Å²) in [6, 6.07) is 16.6. The van der Waals surface area contributed by atoms with Crippen molar-refractivity contribution in [1.82, 2.24) is 15.3 Å². The highest BCUT2D eigenvalue weighted by Gasteiger charge is 2.38. The number of aromatic amines is 1. The molecular weight excluding hydrogens is 451 g/mol. The van der Waals surface area contributed by atoms with Gasteiger partial charge in [-0.25, -0.2) is 4.98 Å². The predicted molar refractivity (Wildman–Crippen MR) is 130 cm³/mol. The van der Waals surface area contributed by atoms with Gasteiger partial charge >= 0.3 is 6.18 Å². The molecule has 5 rings (SSSR count). The molecule has 2 N–H and O–H groups in total. The summed E-state index contributed by atoms with van der Waals surface area (Å²) in [7, 11) is 0. The molecule has 0 spiro atoms. The minimum atomic E-state index is -4.50. The number of benzene rings is 2. The summed E-state index contributed by atoms with van der Waals surface area (Å²) in [5.74, 6) is -0.506. The topological polar surface area (TPSA) is 57.8 Å². The Kier molecular flexibility index (Phi) is 5.87. The lowest BCUT2D eigenvalue weighted by molar-refractivity contribution is -0.137. The lowest BCUT2D eigenvalue weighted by Crippen LogP contribution is -2.47. The Balaban J connectivity index is 1.48. The van der Waals surface area contributed by atoms with E-state index in [1.165, 1.54) is 12.1 Å². The summed E-state index contributed by atoms with van der Waals surface area (Å²) in [6.45, 7) is 2.05. The molecule has 180 valence electrons. The molecule has 1 saturated carbocycles. The van der Waals surface area contributed by atoms with Gasteiger partial charge in [-0.1, -0.05) is 43.5 Å². The zero-order valence-corrected chi connectivity index (χ0v) is 19.4. The number of carbonyl (C=O) groups is 1. The summed E-state index contributed by atoms with van der Waals surface area (Å²) < 4.78 is 39.5. The molecule has 7 heteroatoms. The van der Waals surface area contributed by atoms with Crippen molar-refractivity contribution in [3.05, 3.63) is 89.2 Å². The number of pyridine rings is 1. The number of amides is 1. The molecule has 2 aromatic carbocycles. The number of hydrogen-bond acceptors (Lipinski definition) is 2. The maximum atomic E-state index is 13.2. The number of alkyl halides is 3. The van der Waals surface area contributed by atoms with Crippen LogP contribution in [0.4, 0.5) is 13.2 Å². The van der Waals surface area contributed by atoms with Crippen LogP contribution >= 0.6 is 0 Å². The van der Waals surface area contributed by atoms with Gasteiger partial charge in [0.1, 0.15) is 0 Å². The Labute approximate surface area is 201 Å². The fourth-order valence-corrected chi connectivity index (χ4v) is 5.06. The van der Waals surface area contributed by atoms with Crippen LogP contribution in [-0.4, -0.2) is 15.9 Å². The first-order valence-corrected chi connectivity index (χ1v) is 11.8. The Hall–Kier alpha value is -3.61. The first-order valence-electron chi connectivity index (χ1n) is 11.8. The van der Waals surface area contributed by atoms with E-state index < -0.39 is 23.2 Å². The Morgan fingerprint density at radius 3 is 2.54 bits per heavy atom. The molecule has 0 aliphatic heterocycles. The monoisotopic (exact) mass is 477 g/mol. The average molecular weight is 478 g/mol. The summed E-state index contributed by atoms with van der Waals surface area (Å²) in [6.07, 6.45) is 1.70. The molecular formula is C28H26F3N3O. The second-order valence-corrected chi connectivity index (χ2v) is 9.32. The highest BCUT2D eigenvalue weighted by molar-refractivity contribution is 5.95. The van der Waals surface area contributed by atoms with Crippen LogP contribution in [0.3, 0.4) is 0 Å². The van der Waals surface area contributed by atoms with Crippen LogP contribution in [0, 0.1) is 6.92 Å². The van der Waals surface area contributed by atoms with Crippen molar-refractivity contribution in [2.45, 2.75) is 50.7 Å². The van der Waals surface area contributed by atoms with Crippen LogP contribution in [-0.2, 0) is 11.7 Å². The molecule has 1 aliphatic rings. The van der Waals surface area contributed by atoms with Gasteiger partial charge in [-0.3, -0.25) is 4.79 Å². The predicted octanol–water partition coefficient (Wildman–Crippen LogP) is 7.15. The number of para-hydroxylation sites is 1. The smallest absolute Gasteiger partial charge is 0.362 e. The molecule has 1 fully saturated rings. The van der Waals surface area contributed by atoms with Crippen molar-refractivity contribution in [3.63, 3.8) is 0 Å². The van der Waals surface area contributed by atoms with E-state index >= 15 is 0 Å². The molecule has 0 radical (unpaired) electrons. The third-order valence-electron chi connectivity index (χ3n) is 6.93. The van der Waals surface area contributed by atoms with Gasteiger partial charge in [0.2, 0.25) is 0 Å². The van der Waals surface area contributed by atoms with E-state index in [1.807, 2.05) is 42.6 Å². The van der Waals surface area contributed by atoms with E-state index in [9.17, 15) is 18.0 Å². The van der Waals surface area contributed by atoms with E-state index in [0.717, 1.165) is 64.8 Å². The molecule has 0 saturated heterocycles. The summed E-state index contributed by atoms with van der Waals surface area (Å²) in [5.41, 5.74) is 3.12. The maximum absolute atomic E-state index is 13.2. The minimum absolute atomic E-state index is 0.00312. The van der Waals surface area contributed by atoms with Crippen LogP contribution < -0.4 is 5.32 Å². The summed E-state index contributed by atoms with van der Waals surface area (Å²) in [4.78, 5) is 21.3. The number of aryl methyl sites for hydroxylation is 1. The fourth-order valence-electron chi connectivity index (χ4n) is 5.06. The third kappa shape index (κ3) is 4.55. The molecule has 0 atom stereocenters. The van der Waals surface area contributed by atoms with Crippen LogP contribution in [0.1, 0.15) is 59.3 Å². The molecule has 4 nitrogen and oxygen atoms in total. The number of fused-ring (bicyclic) bond motifs is 1. The molecule has 2 heterocycles. The molecule has 0 bridgehead atoms. The maximum Gasteiger partial charge on any atom is 0.416 e. The number of aromatic nitrogens is 2. The molecule has 2 aromatic heterocycles. The summed E-state index contributed by atoms with van der Waals surface area (Å²) in [5, 5.41) is 4.19. The Bertz CT molecular complexity index is 1380. The van der Waals surface area contributed by atoms with Crippen molar-refractivity contribution in [3.8, 4) is 11.3 Å². The molecule has 0 unspecified atom stereocenters. The van der Waals surface area contributed by atoms with Crippen LogP contribution in [0.15, 0.2) is 66.9 Å². The first-order chi connectivity index (χ1) is 16.7. The molecule has 4 aromatic rings. The van der Waals surface area contributed by atoms with Gasteiger partial charge in [0.05, 0.1) is 22.3 Å². The number of nitrogens with one attached hydrogen (secondary N) is 2. The highest BCUT2D eigenvalue weighted by atomic mass is 19.4. The lowest BCUT2D eigenvalue weighted by Gasteiger charge is -2.37. The minimum Gasteiger partial charge on any atom is -0.362 e. The first kappa shape index (κ1) is 23.1. The quantitative estimate of drug-likeness (QED) is 0.328. The van der Waals surface area contributed by atoms with Gasteiger partial charge in [-0.2, -0.15) is 13.2 Å². The number of rotatable bonds is 4. The van der Waals surface area contributed by atoms with Gasteiger partial charge in [0.25, 0.3) is 5.91 Å². The fraction of sp³-hybridized carbons (Fsp3) is 0.286. The van der Waals surface area contributed by atoms with Gasteiger partial charge in [-0.15, -0.1) is 0 Å².